The molecule has 6 nitrogen and oxygen atoms in total. The lowest BCUT2D eigenvalue weighted by atomic mass is 10.3. The van der Waals surface area contributed by atoms with Crippen LogP contribution in [0.5, 0.6) is 0 Å². The van der Waals surface area contributed by atoms with Gasteiger partial charge in [-0.3, -0.25) is 14.2 Å². The van der Waals surface area contributed by atoms with Gasteiger partial charge in [-0.05, 0) is 51.1 Å². The van der Waals surface area contributed by atoms with Gasteiger partial charge in [-0.2, -0.15) is 10.2 Å². The molecule has 3 rings (SSSR count). The normalized spacial score (nSPS) is 11.2. The van der Waals surface area contributed by atoms with E-state index in [-0.39, 0.29) is 5.91 Å². The summed E-state index contributed by atoms with van der Waals surface area (Å²) in [5.74, 6) is -0.0611. The standard InChI is InChI=1S/C19H23Cl2N5OS/c1-11-17(20)13(3)25(23-11)7-5-6-22-19(27)16-8-15(10-28-16)9-26-14(4)18(21)12(2)24-26/h8,10H,5-7,9H2,1-4H3,(H,22,27). The molecule has 150 valence electrons. The lowest BCUT2D eigenvalue weighted by molar-refractivity contribution is 0.0956. The lowest BCUT2D eigenvalue weighted by Gasteiger charge is -2.06. The smallest absolute Gasteiger partial charge is 0.261 e. The molecular weight excluding hydrogens is 417 g/mol. The van der Waals surface area contributed by atoms with Crippen LogP contribution in [0.1, 0.15) is 44.4 Å². The van der Waals surface area contributed by atoms with Crippen molar-refractivity contribution in [2.45, 2.75) is 47.2 Å². The summed E-state index contributed by atoms with van der Waals surface area (Å²) in [4.78, 5) is 13.1. The minimum atomic E-state index is -0.0611. The molecule has 0 unspecified atom stereocenters. The van der Waals surface area contributed by atoms with Crippen molar-refractivity contribution in [3.05, 3.63) is 54.7 Å². The van der Waals surface area contributed by atoms with E-state index < -0.39 is 0 Å². The van der Waals surface area contributed by atoms with Gasteiger partial charge in [-0.25, -0.2) is 0 Å². The molecule has 0 saturated heterocycles. The molecule has 0 aliphatic heterocycles. The Morgan fingerprint density at radius 3 is 2.25 bits per heavy atom. The maximum Gasteiger partial charge on any atom is 0.261 e. The van der Waals surface area contributed by atoms with Crippen molar-refractivity contribution in [2.75, 3.05) is 6.54 Å². The first-order valence-electron chi connectivity index (χ1n) is 9.02. The summed E-state index contributed by atoms with van der Waals surface area (Å²) in [7, 11) is 0. The number of hydrogen-bond donors (Lipinski definition) is 1. The van der Waals surface area contributed by atoms with Gasteiger partial charge < -0.3 is 5.32 Å². The van der Waals surface area contributed by atoms with Crippen molar-refractivity contribution in [3.63, 3.8) is 0 Å². The Bertz CT molecular complexity index is 1000. The topological polar surface area (TPSA) is 64.7 Å². The number of carbonyl (C=O) groups is 1. The van der Waals surface area contributed by atoms with Crippen molar-refractivity contribution < 1.29 is 4.79 Å². The molecule has 0 aromatic carbocycles. The second kappa shape index (κ2) is 8.68. The van der Waals surface area contributed by atoms with E-state index in [9.17, 15) is 4.79 Å². The largest absolute Gasteiger partial charge is 0.351 e. The third-order valence-electron chi connectivity index (χ3n) is 4.63. The Morgan fingerprint density at radius 1 is 1.07 bits per heavy atom. The molecule has 1 N–H and O–H groups in total. The molecule has 0 saturated carbocycles. The van der Waals surface area contributed by atoms with E-state index in [1.807, 2.05) is 48.5 Å². The van der Waals surface area contributed by atoms with E-state index in [4.69, 9.17) is 23.2 Å². The third kappa shape index (κ3) is 4.42. The number of halogens is 2. The van der Waals surface area contributed by atoms with Gasteiger partial charge in [0.1, 0.15) is 0 Å². The third-order valence-corrected chi connectivity index (χ3v) is 6.70. The van der Waals surface area contributed by atoms with Crippen molar-refractivity contribution in [1.29, 1.82) is 0 Å². The minimum Gasteiger partial charge on any atom is -0.351 e. The fourth-order valence-corrected chi connectivity index (χ4v) is 4.08. The first-order valence-corrected chi connectivity index (χ1v) is 10.7. The number of carbonyl (C=O) groups excluding carboxylic acids is 1. The molecular formula is C19H23Cl2N5OS. The zero-order valence-corrected chi connectivity index (χ0v) is 18.7. The number of hydrogen-bond acceptors (Lipinski definition) is 4. The molecule has 0 aliphatic carbocycles. The Hall–Kier alpha value is -1.83. The predicted molar refractivity (Wildman–Crippen MR) is 114 cm³/mol. The minimum absolute atomic E-state index is 0.0611. The molecule has 0 fully saturated rings. The quantitative estimate of drug-likeness (QED) is 0.549. The predicted octanol–water partition coefficient (Wildman–Crippen LogP) is 4.55. The first-order chi connectivity index (χ1) is 13.3. The lowest BCUT2D eigenvalue weighted by Crippen LogP contribution is -2.24. The molecule has 0 radical (unpaired) electrons. The van der Waals surface area contributed by atoms with Crippen LogP contribution in [0, 0.1) is 27.7 Å². The van der Waals surface area contributed by atoms with Crippen molar-refractivity contribution in [2.24, 2.45) is 0 Å². The fourth-order valence-electron chi connectivity index (χ4n) is 2.99. The van der Waals surface area contributed by atoms with Crippen LogP contribution in [0.25, 0.3) is 0 Å². The molecule has 0 aliphatic rings. The SMILES string of the molecule is Cc1nn(CCCNC(=O)c2cc(Cn3nc(C)c(Cl)c3C)cs2)c(C)c1Cl. The Morgan fingerprint density at radius 2 is 1.68 bits per heavy atom. The first kappa shape index (κ1) is 20.9. The highest BCUT2D eigenvalue weighted by Gasteiger charge is 2.13. The molecule has 9 heteroatoms. The summed E-state index contributed by atoms with van der Waals surface area (Å²) in [6, 6.07) is 1.91. The average molecular weight is 440 g/mol. The summed E-state index contributed by atoms with van der Waals surface area (Å²) in [5.41, 5.74) is 4.57. The molecule has 28 heavy (non-hydrogen) atoms. The van der Waals surface area contributed by atoms with E-state index in [0.29, 0.717) is 34.6 Å². The maximum atomic E-state index is 12.4. The number of nitrogens with one attached hydrogen (secondary N) is 1. The Labute approximate surface area is 178 Å². The summed E-state index contributed by atoms with van der Waals surface area (Å²) in [5, 5.41) is 15.2. The molecule has 0 spiro atoms. The van der Waals surface area contributed by atoms with Crippen molar-refractivity contribution in [3.8, 4) is 0 Å². The highest BCUT2D eigenvalue weighted by Crippen LogP contribution is 2.22. The van der Waals surface area contributed by atoms with Gasteiger partial charge in [0.25, 0.3) is 5.91 Å². The van der Waals surface area contributed by atoms with Crippen LogP contribution in [-0.4, -0.2) is 32.0 Å². The van der Waals surface area contributed by atoms with Crippen LogP contribution in [0.2, 0.25) is 10.0 Å². The summed E-state index contributed by atoms with van der Waals surface area (Å²) < 4.78 is 3.74. The van der Waals surface area contributed by atoms with Gasteiger partial charge >= 0.3 is 0 Å². The van der Waals surface area contributed by atoms with Crippen molar-refractivity contribution in [1.82, 2.24) is 24.9 Å². The van der Waals surface area contributed by atoms with Gasteiger partial charge in [-0.1, -0.05) is 23.2 Å². The Kier molecular flexibility index (Phi) is 6.47. The second-order valence-corrected chi connectivity index (χ2v) is 8.45. The number of aryl methyl sites for hydroxylation is 3. The van der Waals surface area contributed by atoms with Gasteiger partial charge in [0.05, 0.1) is 44.2 Å². The fraction of sp³-hybridized carbons (Fsp3) is 0.421. The molecule has 1 amide bonds. The maximum absolute atomic E-state index is 12.4. The van der Waals surface area contributed by atoms with E-state index in [1.165, 1.54) is 11.3 Å². The Balaban J connectivity index is 1.51. The van der Waals surface area contributed by atoms with Gasteiger partial charge in [-0.15, -0.1) is 11.3 Å². The highest BCUT2D eigenvalue weighted by molar-refractivity contribution is 7.12. The monoisotopic (exact) mass is 439 g/mol. The number of aromatic nitrogens is 4. The molecule has 3 aromatic rings. The number of rotatable bonds is 7. The zero-order chi connectivity index (χ0) is 20.4. The van der Waals surface area contributed by atoms with Gasteiger partial charge in [0.15, 0.2) is 0 Å². The molecule has 0 atom stereocenters. The highest BCUT2D eigenvalue weighted by atomic mass is 35.5. The van der Waals surface area contributed by atoms with E-state index in [0.717, 1.165) is 34.8 Å². The van der Waals surface area contributed by atoms with Gasteiger partial charge in [0.2, 0.25) is 0 Å². The molecule has 3 aromatic heterocycles. The zero-order valence-electron chi connectivity index (χ0n) is 16.3. The van der Waals surface area contributed by atoms with Crippen LogP contribution in [0.15, 0.2) is 11.4 Å². The van der Waals surface area contributed by atoms with Crippen molar-refractivity contribution >= 4 is 40.4 Å². The molecule has 3 heterocycles. The average Bonchev–Trinajstić information content (AvgIpc) is 3.30. The number of amides is 1. The number of nitrogens with zero attached hydrogens (tertiary/aromatic N) is 4. The number of thiophene rings is 1. The van der Waals surface area contributed by atoms with Crippen LogP contribution >= 0.6 is 34.5 Å². The van der Waals surface area contributed by atoms with E-state index in [2.05, 4.69) is 15.5 Å². The second-order valence-electron chi connectivity index (χ2n) is 6.78. The van der Waals surface area contributed by atoms with Gasteiger partial charge in [0, 0.05) is 13.1 Å². The van der Waals surface area contributed by atoms with Crippen LogP contribution in [0.3, 0.4) is 0 Å². The van der Waals surface area contributed by atoms with Crippen LogP contribution in [0.4, 0.5) is 0 Å². The van der Waals surface area contributed by atoms with E-state index >= 15 is 0 Å². The molecule has 0 bridgehead atoms. The van der Waals surface area contributed by atoms with Crippen LogP contribution in [-0.2, 0) is 13.1 Å². The van der Waals surface area contributed by atoms with Crippen LogP contribution < -0.4 is 5.32 Å². The summed E-state index contributed by atoms with van der Waals surface area (Å²) in [6.45, 7) is 9.56. The summed E-state index contributed by atoms with van der Waals surface area (Å²) in [6.07, 6.45) is 0.784. The van der Waals surface area contributed by atoms with E-state index in [1.54, 1.807) is 0 Å². The summed E-state index contributed by atoms with van der Waals surface area (Å²) >= 11 is 13.8.